The van der Waals surface area contributed by atoms with Gasteiger partial charge < -0.3 is 21.3 Å². The number of nitrogens with one attached hydrogen (secondary N) is 2. The monoisotopic (exact) mass is 402 g/mol. The molecule has 4 atom stereocenters. The fourth-order valence-electron chi connectivity index (χ4n) is 3.06. The number of likely N-dealkylation sites (tertiary alicyclic amines) is 1. The zero-order valence-corrected chi connectivity index (χ0v) is 17.2. The normalized spacial score (nSPS) is 20.1. The molecule has 154 valence electrons. The molecule has 0 spiro atoms. The Hall–Kier alpha value is -1.67. The molecule has 0 radical (unpaired) electrons. The standard InChI is InChI=1S/C18H31ClN4O4/c1-10(2)8-13(15(24)9-19)22-17(26)14-6-5-7-23(14)18(27)12(4)21-16(25)11(3)20/h10-14H,5-9,20H2,1-4H3,(H,21,25)(H,22,26)/t11-,12-,13-,14-/m0/s1. The number of nitrogens with zero attached hydrogens (tertiary/aromatic N) is 1. The molecule has 0 aromatic carbocycles. The van der Waals surface area contributed by atoms with Crippen molar-refractivity contribution in [3.05, 3.63) is 0 Å². The average Bonchev–Trinajstić information content (AvgIpc) is 3.08. The van der Waals surface area contributed by atoms with Crippen molar-refractivity contribution in [2.24, 2.45) is 11.7 Å². The van der Waals surface area contributed by atoms with Crippen LogP contribution in [0, 0.1) is 5.92 Å². The van der Waals surface area contributed by atoms with E-state index in [1.54, 1.807) is 6.92 Å². The summed E-state index contributed by atoms with van der Waals surface area (Å²) in [5.74, 6) is -1.35. The molecule has 27 heavy (non-hydrogen) atoms. The van der Waals surface area contributed by atoms with E-state index in [4.69, 9.17) is 17.3 Å². The molecular formula is C18H31ClN4O4. The van der Waals surface area contributed by atoms with E-state index in [0.29, 0.717) is 25.8 Å². The SMILES string of the molecule is CC(C)C[C@H](NC(=O)[C@@H]1CCCN1C(=O)[C@H](C)NC(=O)[C@H](C)N)C(=O)CCl. The number of carbonyl (C=O) groups is 4. The predicted octanol–water partition coefficient (Wildman–Crippen LogP) is 0.168. The molecule has 0 saturated carbocycles. The van der Waals surface area contributed by atoms with Gasteiger partial charge in [0.05, 0.1) is 18.0 Å². The van der Waals surface area contributed by atoms with Crippen LogP contribution in [-0.2, 0) is 19.2 Å². The number of hydrogen-bond acceptors (Lipinski definition) is 5. The molecular weight excluding hydrogens is 372 g/mol. The highest BCUT2D eigenvalue weighted by Crippen LogP contribution is 2.19. The van der Waals surface area contributed by atoms with E-state index in [-0.39, 0.29) is 29.4 Å². The maximum atomic E-state index is 12.7. The molecule has 4 N–H and O–H groups in total. The number of nitrogens with two attached hydrogens (primary N) is 1. The van der Waals surface area contributed by atoms with Gasteiger partial charge in [0.25, 0.3) is 0 Å². The molecule has 1 aliphatic rings. The number of hydrogen-bond donors (Lipinski definition) is 3. The lowest BCUT2D eigenvalue weighted by Crippen LogP contribution is -2.55. The first-order valence-corrected chi connectivity index (χ1v) is 9.87. The number of carbonyl (C=O) groups excluding carboxylic acids is 4. The molecule has 1 rings (SSSR count). The van der Waals surface area contributed by atoms with E-state index >= 15 is 0 Å². The van der Waals surface area contributed by atoms with Crippen LogP contribution < -0.4 is 16.4 Å². The summed E-state index contributed by atoms with van der Waals surface area (Å²) in [5, 5.41) is 5.30. The molecule has 0 bridgehead atoms. The third kappa shape index (κ3) is 6.77. The Morgan fingerprint density at radius 1 is 1.15 bits per heavy atom. The summed E-state index contributed by atoms with van der Waals surface area (Å²) in [6.07, 6.45) is 1.67. The second-order valence-electron chi connectivity index (χ2n) is 7.50. The first kappa shape index (κ1) is 23.4. The highest BCUT2D eigenvalue weighted by molar-refractivity contribution is 6.28. The summed E-state index contributed by atoms with van der Waals surface area (Å²) in [5.41, 5.74) is 5.51. The highest BCUT2D eigenvalue weighted by Gasteiger charge is 2.37. The Balaban J connectivity index is 2.79. The second kappa shape index (κ2) is 10.6. The van der Waals surface area contributed by atoms with Crippen molar-refractivity contribution in [2.75, 3.05) is 12.4 Å². The van der Waals surface area contributed by atoms with Gasteiger partial charge in [-0.15, -0.1) is 11.6 Å². The first-order valence-electron chi connectivity index (χ1n) is 9.33. The van der Waals surface area contributed by atoms with Crippen molar-refractivity contribution >= 4 is 35.1 Å². The molecule has 0 aromatic rings. The van der Waals surface area contributed by atoms with Crippen molar-refractivity contribution in [3.63, 3.8) is 0 Å². The van der Waals surface area contributed by atoms with Gasteiger partial charge in [-0.3, -0.25) is 19.2 Å². The second-order valence-corrected chi connectivity index (χ2v) is 7.77. The molecule has 9 heteroatoms. The Bertz CT molecular complexity index is 568. The fraction of sp³-hybridized carbons (Fsp3) is 0.778. The molecule has 1 heterocycles. The van der Waals surface area contributed by atoms with E-state index in [2.05, 4.69) is 10.6 Å². The lowest BCUT2D eigenvalue weighted by atomic mass is 10.0. The topological polar surface area (TPSA) is 122 Å². The van der Waals surface area contributed by atoms with Crippen LogP contribution in [-0.4, -0.2) is 65.0 Å². The average molecular weight is 403 g/mol. The van der Waals surface area contributed by atoms with Crippen LogP contribution in [0.4, 0.5) is 0 Å². The third-order valence-electron chi connectivity index (χ3n) is 4.53. The quantitative estimate of drug-likeness (QED) is 0.474. The summed E-state index contributed by atoms with van der Waals surface area (Å²) in [6, 6.07) is -2.84. The van der Waals surface area contributed by atoms with Crippen molar-refractivity contribution in [3.8, 4) is 0 Å². The number of alkyl halides is 1. The van der Waals surface area contributed by atoms with Gasteiger partial charge in [-0.2, -0.15) is 0 Å². The molecule has 0 aliphatic carbocycles. The summed E-state index contributed by atoms with van der Waals surface area (Å²) < 4.78 is 0. The number of amides is 3. The van der Waals surface area contributed by atoms with Crippen molar-refractivity contribution in [1.29, 1.82) is 0 Å². The van der Waals surface area contributed by atoms with Crippen molar-refractivity contribution in [1.82, 2.24) is 15.5 Å². The van der Waals surface area contributed by atoms with E-state index in [1.165, 1.54) is 11.8 Å². The number of halogens is 1. The Morgan fingerprint density at radius 2 is 1.78 bits per heavy atom. The van der Waals surface area contributed by atoms with Crippen LogP contribution in [0.2, 0.25) is 0 Å². The van der Waals surface area contributed by atoms with Crippen LogP contribution in [0.1, 0.15) is 47.0 Å². The van der Waals surface area contributed by atoms with Gasteiger partial charge in [-0.25, -0.2) is 0 Å². The van der Waals surface area contributed by atoms with Gasteiger partial charge in [-0.05, 0) is 39.0 Å². The minimum Gasteiger partial charge on any atom is -0.344 e. The lowest BCUT2D eigenvalue weighted by Gasteiger charge is -2.29. The summed E-state index contributed by atoms with van der Waals surface area (Å²) in [6.45, 7) is 7.42. The number of rotatable bonds is 9. The van der Waals surface area contributed by atoms with E-state index < -0.39 is 30.1 Å². The minimum atomic E-state index is -0.784. The summed E-state index contributed by atoms with van der Waals surface area (Å²) >= 11 is 5.65. The molecule has 8 nitrogen and oxygen atoms in total. The Kier molecular flexibility index (Phi) is 9.18. The Labute approximate surface area is 165 Å². The van der Waals surface area contributed by atoms with Gasteiger partial charge in [-0.1, -0.05) is 13.8 Å². The van der Waals surface area contributed by atoms with Crippen LogP contribution in [0.3, 0.4) is 0 Å². The summed E-state index contributed by atoms with van der Waals surface area (Å²) in [7, 11) is 0. The van der Waals surface area contributed by atoms with Gasteiger partial charge in [0.2, 0.25) is 17.7 Å². The third-order valence-corrected chi connectivity index (χ3v) is 4.79. The van der Waals surface area contributed by atoms with E-state index in [9.17, 15) is 19.2 Å². The van der Waals surface area contributed by atoms with Crippen LogP contribution in [0.25, 0.3) is 0 Å². The maximum absolute atomic E-state index is 12.7. The largest absolute Gasteiger partial charge is 0.344 e. The lowest BCUT2D eigenvalue weighted by molar-refractivity contribution is -0.141. The molecule has 0 unspecified atom stereocenters. The molecule has 1 aliphatic heterocycles. The van der Waals surface area contributed by atoms with Crippen molar-refractivity contribution < 1.29 is 19.2 Å². The molecule has 0 aromatic heterocycles. The van der Waals surface area contributed by atoms with Gasteiger partial charge in [0.15, 0.2) is 5.78 Å². The van der Waals surface area contributed by atoms with Crippen LogP contribution >= 0.6 is 11.6 Å². The Morgan fingerprint density at radius 3 is 2.30 bits per heavy atom. The van der Waals surface area contributed by atoms with Gasteiger partial charge in [0, 0.05) is 6.54 Å². The van der Waals surface area contributed by atoms with Crippen LogP contribution in [0.5, 0.6) is 0 Å². The zero-order valence-electron chi connectivity index (χ0n) is 16.5. The zero-order chi connectivity index (χ0) is 20.7. The summed E-state index contributed by atoms with van der Waals surface area (Å²) in [4.78, 5) is 50.6. The first-order chi connectivity index (χ1) is 12.6. The van der Waals surface area contributed by atoms with Gasteiger partial charge >= 0.3 is 0 Å². The van der Waals surface area contributed by atoms with Crippen molar-refractivity contribution in [2.45, 2.75) is 71.1 Å². The molecule has 1 saturated heterocycles. The van der Waals surface area contributed by atoms with Crippen LogP contribution in [0.15, 0.2) is 0 Å². The molecule has 3 amide bonds. The predicted molar refractivity (Wildman–Crippen MR) is 103 cm³/mol. The number of Topliss-reactive ketones (excluding diaryl/α,β-unsaturated/α-hetero) is 1. The molecule has 1 fully saturated rings. The maximum Gasteiger partial charge on any atom is 0.245 e. The number of ketones is 1. The van der Waals surface area contributed by atoms with E-state index in [1.807, 2.05) is 13.8 Å². The highest BCUT2D eigenvalue weighted by atomic mass is 35.5. The van der Waals surface area contributed by atoms with Gasteiger partial charge in [0.1, 0.15) is 12.1 Å². The minimum absolute atomic E-state index is 0.175. The smallest absolute Gasteiger partial charge is 0.245 e. The fourth-order valence-corrected chi connectivity index (χ4v) is 3.25. The van der Waals surface area contributed by atoms with E-state index in [0.717, 1.165) is 0 Å².